The SMILES string of the molecule is CCc1nc2cccc(C#Cc3cncn3C)c2c(=O)n1-c1ccccc1. The number of aryl methyl sites for hydroxylation is 2. The van der Waals surface area contributed by atoms with E-state index < -0.39 is 0 Å². The van der Waals surface area contributed by atoms with Gasteiger partial charge in [-0.1, -0.05) is 37.1 Å². The third kappa shape index (κ3) is 3.02. The van der Waals surface area contributed by atoms with Crippen LogP contribution in [0.3, 0.4) is 0 Å². The first-order chi connectivity index (χ1) is 13.2. The molecular formula is C22H18N4O. The minimum Gasteiger partial charge on any atom is -0.327 e. The lowest BCUT2D eigenvalue weighted by atomic mass is 10.1. The van der Waals surface area contributed by atoms with E-state index in [0.717, 1.165) is 17.2 Å². The summed E-state index contributed by atoms with van der Waals surface area (Å²) in [6.45, 7) is 2.00. The predicted molar refractivity (Wildman–Crippen MR) is 106 cm³/mol. The van der Waals surface area contributed by atoms with Gasteiger partial charge in [0.15, 0.2) is 0 Å². The molecule has 0 aliphatic carbocycles. The quantitative estimate of drug-likeness (QED) is 0.520. The molecular weight excluding hydrogens is 336 g/mol. The summed E-state index contributed by atoms with van der Waals surface area (Å²) in [7, 11) is 1.89. The average Bonchev–Trinajstić information content (AvgIpc) is 3.11. The fraction of sp³-hybridized carbons (Fsp3) is 0.136. The molecule has 0 fully saturated rings. The van der Waals surface area contributed by atoms with Gasteiger partial charge in [0, 0.05) is 19.0 Å². The summed E-state index contributed by atoms with van der Waals surface area (Å²) < 4.78 is 3.52. The van der Waals surface area contributed by atoms with Crippen molar-refractivity contribution >= 4 is 10.9 Å². The number of benzene rings is 2. The highest BCUT2D eigenvalue weighted by Gasteiger charge is 2.13. The van der Waals surface area contributed by atoms with E-state index in [1.165, 1.54) is 0 Å². The van der Waals surface area contributed by atoms with Crippen molar-refractivity contribution in [3.8, 4) is 17.5 Å². The minimum absolute atomic E-state index is 0.0991. The van der Waals surface area contributed by atoms with Crippen molar-refractivity contribution in [2.75, 3.05) is 0 Å². The van der Waals surface area contributed by atoms with Gasteiger partial charge in [-0.2, -0.15) is 0 Å². The number of hydrogen-bond donors (Lipinski definition) is 0. The largest absolute Gasteiger partial charge is 0.327 e. The van der Waals surface area contributed by atoms with Crippen molar-refractivity contribution in [3.05, 3.63) is 88.5 Å². The Hall–Kier alpha value is -3.65. The lowest BCUT2D eigenvalue weighted by Crippen LogP contribution is -2.24. The van der Waals surface area contributed by atoms with E-state index in [0.29, 0.717) is 22.9 Å². The molecule has 2 aromatic carbocycles. The maximum absolute atomic E-state index is 13.4. The summed E-state index contributed by atoms with van der Waals surface area (Å²) in [5.41, 5.74) is 2.83. The van der Waals surface area contributed by atoms with Gasteiger partial charge in [0.05, 0.1) is 29.1 Å². The zero-order valence-corrected chi connectivity index (χ0v) is 15.2. The molecule has 0 saturated heterocycles. The summed E-state index contributed by atoms with van der Waals surface area (Å²) >= 11 is 0. The minimum atomic E-state index is -0.0991. The second-order valence-corrected chi connectivity index (χ2v) is 6.20. The van der Waals surface area contributed by atoms with Gasteiger partial charge < -0.3 is 4.57 Å². The van der Waals surface area contributed by atoms with Gasteiger partial charge in [0.1, 0.15) is 11.5 Å². The van der Waals surface area contributed by atoms with E-state index >= 15 is 0 Å². The van der Waals surface area contributed by atoms with Gasteiger partial charge in [0.2, 0.25) is 0 Å². The standard InChI is InChI=1S/C22H18N4O/c1-3-20-24-19-11-7-8-16(12-13-18-14-23-15-25(18)2)21(19)22(27)26(20)17-9-5-4-6-10-17/h4-11,14-15H,3H2,1-2H3. The molecule has 0 N–H and O–H groups in total. The van der Waals surface area contributed by atoms with E-state index in [1.807, 2.05) is 67.1 Å². The lowest BCUT2D eigenvalue weighted by molar-refractivity contribution is 0.833. The Bertz CT molecular complexity index is 1240. The highest BCUT2D eigenvalue weighted by atomic mass is 16.1. The fourth-order valence-electron chi connectivity index (χ4n) is 3.07. The topological polar surface area (TPSA) is 52.7 Å². The molecule has 0 aliphatic heterocycles. The third-order valence-corrected chi connectivity index (χ3v) is 4.44. The number of para-hydroxylation sites is 1. The second-order valence-electron chi connectivity index (χ2n) is 6.20. The predicted octanol–water partition coefficient (Wildman–Crippen LogP) is 3.08. The van der Waals surface area contributed by atoms with Crippen molar-refractivity contribution < 1.29 is 0 Å². The highest BCUT2D eigenvalue weighted by molar-refractivity contribution is 5.84. The summed E-state index contributed by atoms with van der Waals surface area (Å²) in [6, 6.07) is 15.2. The van der Waals surface area contributed by atoms with Crippen molar-refractivity contribution in [1.82, 2.24) is 19.1 Å². The molecule has 132 valence electrons. The molecule has 0 unspecified atom stereocenters. The molecule has 0 amide bonds. The first-order valence-corrected chi connectivity index (χ1v) is 8.77. The molecule has 2 heterocycles. The maximum atomic E-state index is 13.4. The van der Waals surface area contributed by atoms with Crippen LogP contribution in [-0.4, -0.2) is 19.1 Å². The van der Waals surface area contributed by atoms with Crippen LogP contribution in [0.25, 0.3) is 16.6 Å². The molecule has 5 heteroatoms. The number of fused-ring (bicyclic) bond motifs is 1. The molecule has 0 saturated carbocycles. The molecule has 4 rings (SSSR count). The molecule has 0 spiro atoms. The first-order valence-electron chi connectivity index (χ1n) is 8.77. The molecule has 4 aromatic rings. The van der Waals surface area contributed by atoms with E-state index in [4.69, 9.17) is 4.98 Å². The summed E-state index contributed by atoms with van der Waals surface area (Å²) in [4.78, 5) is 22.2. The van der Waals surface area contributed by atoms with Crippen LogP contribution < -0.4 is 5.56 Å². The van der Waals surface area contributed by atoms with Crippen LogP contribution in [0.4, 0.5) is 0 Å². The second kappa shape index (κ2) is 6.93. The monoisotopic (exact) mass is 354 g/mol. The smallest absolute Gasteiger partial charge is 0.267 e. The summed E-state index contributed by atoms with van der Waals surface area (Å²) in [6.07, 6.45) is 4.06. The van der Waals surface area contributed by atoms with Crippen LogP contribution in [0.1, 0.15) is 24.0 Å². The van der Waals surface area contributed by atoms with Gasteiger partial charge in [-0.15, -0.1) is 0 Å². The Balaban J connectivity index is 1.99. The Labute approximate surface area is 157 Å². The molecule has 0 aliphatic rings. The number of nitrogens with zero attached hydrogens (tertiary/aromatic N) is 4. The normalized spacial score (nSPS) is 10.6. The average molecular weight is 354 g/mol. The van der Waals surface area contributed by atoms with Crippen molar-refractivity contribution in [2.24, 2.45) is 7.05 Å². The van der Waals surface area contributed by atoms with Crippen LogP contribution in [0, 0.1) is 11.8 Å². The summed E-state index contributed by atoms with van der Waals surface area (Å²) in [5, 5.41) is 0.535. The maximum Gasteiger partial charge on any atom is 0.267 e. The zero-order valence-electron chi connectivity index (χ0n) is 15.2. The molecule has 0 bridgehead atoms. The van der Waals surface area contributed by atoms with Crippen molar-refractivity contribution in [2.45, 2.75) is 13.3 Å². The molecule has 0 radical (unpaired) electrons. The van der Waals surface area contributed by atoms with Crippen LogP contribution in [-0.2, 0) is 13.5 Å². The fourth-order valence-corrected chi connectivity index (χ4v) is 3.07. The van der Waals surface area contributed by atoms with Gasteiger partial charge in [-0.05, 0) is 30.2 Å². The zero-order chi connectivity index (χ0) is 18.8. The van der Waals surface area contributed by atoms with Crippen LogP contribution in [0.2, 0.25) is 0 Å². The van der Waals surface area contributed by atoms with Crippen molar-refractivity contribution in [3.63, 3.8) is 0 Å². The molecule has 27 heavy (non-hydrogen) atoms. The Morgan fingerprint density at radius 2 is 1.85 bits per heavy atom. The Morgan fingerprint density at radius 1 is 1.04 bits per heavy atom. The first kappa shape index (κ1) is 16.8. The van der Waals surface area contributed by atoms with E-state index in [9.17, 15) is 4.79 Å². The Kier molecular flexibility index (Phi) is 4.31. The van der Waals surface area contributed by atoms with E-state index in [2.05, 4.69) is 16.8 Å². The number of imidazole rings is 1. The highest BCUT2D eigenvalue weighted by Crippen LogP contribution is 2.16. The van der Waals surface area contributed by atoms with Gasteiger partial charge in [-0.25, -0.2) is 9.97 Å². The Morgan fingerprint density at radius 3 is 2.56 bits per heavy atom. The number of hydrogen-bond acceptors (Lipinski definition) is 3. The number of aromatic nitrogens is 4. The van der Waals surface area contributed by atoms with Crippen molar-refractivity contribution in [1.29, 1.82) is 0 Å². The van der Waals surface area contributed by atoms with Gasteiger partial charge >= 0.3 is 0 Å². The summed E-state index contributed by atoms with van der Waals surface area (Å²) in [5.74, 6) is 6.95. The van der Waals surface area contributed by atoms with Gasteiger partial charge in [-0.3, -0.25) is 9.36 Å². The van der Waals surface area contributed by atoms with Crippen LogP contribution in [0.15, 0.2) is 65.8 Å². The molecule has 5 nitrogen and oxygen atoms in total. The van der Waals surface area contributed by atoms with Gasteiger partial charge in [0.25, 0.3) is 5.56 Å². The van der Waals surface area contributed by atoms with Crippen LogP contribution >= 0.6 is 0 Å². The van der Waals surface area contributed by atoms with Crippen LogP contribution in [0.5, 0.6) is 0 Å². The van der Waals surface area contributed by atoms with E-state index in [1.54, 1.807) is 17.1 Å². The number of rotatable bonds is 2. The van der Waals surface area contributed by atoms with E-state index in [-0.39, 0.29) is 5.56 Å². The molecule has 0 atom stereocenters. The third-order valence-electron chi connectivity index (χ3n) is 4.44. The lowest BCUT2D eigenvalue weighted by Gasteiger charge is -2.13. The molecule has 2 aromatic heterocycles.